The van der Waals surface area contributed by atoms with E-state index in [-0.39, 0.29) is 5.91 Å². The number of furan rings is 1. The standard InChI is InChI=1S/C27H29NO2/c1-17(2)20-10-12-24-23-11-9-19(14-25(23)30-26(24)16-20)13-18(3)21-7-6-8-22(15-21)27(29)28(4)5/h6-12,14-18H,13H2,1-5H3/t18-/m0/s1. The van der Waals surface area contributed by atoms with E-state index in [1.807, 2.05) is 18.2 Å². The first-order valence-corrected chi connectivity index (χ1v) is 10.6. The van der Waals surface area contributed by atoms with Gasteiger partial charge in [-0.3, -0.25) is 4.79 Å². The molecular weight excluding hydrogens is 370 g/mol. The van der Waals surface area contributed by atoms with Gasteiger partial charge in [0, 0.05) is 30.4 Å². The number of carbonyl (C=O) groups is 1. The zero-order valence-corrected chi connectivity index (χ0v) is 18.4. The number of nitrogens with zero attached hydrogens (tertiary/aromatic N) is 1. The number of benzene rings is 3. The smallest absolute Gasteiger partial charge is 0.253 e. The number of hydrogen-bond acceptors (Lipinski definition) is 2. The fourth-order valence-electron chi connectivity index (χ4n) is 4.03. The molecule has 154 valence electrons. The normalized spacial score (nSPS) is 12.6. The Kier molecular flexibility index (Phi) is 5.38. The van der Waals surface area contributed by atoms with Crippen LogP contribution in [0.15, 0.2) is 65.1 Å². The second-order valence-corrected chi connectivity index (χ2v) is 8.77. The zero-order chi connectivity index (χ0) is 21.4. The van der Waals surface area contributed by atoms with Crippen molar-refractivity contribution in [1.29, 1.82) is 0 Å². The maximum atomic E-state index is 12.3. The first-order chi connectivity index (χ1) is 14.3. The Morgan fingerprint density at radius 1 is 0.867 bits per heavy atom. The van der Waals surface area contributed by atoms with Crippen LogP contribution < -0.4 is 0 Å². The number of rotatable bonds is 5. The van der Waals surface area contributed by atoms with Crippen LogP contribution in [0.4, 0.5) is 0 Å². The van der Waals surface area contributed by atoms with Gasteiger partial charge in [0.05, 0.1) is 0 Å². The molecule has 1 aromatic heterocycles. The molecule has 1 heterocycles. The molecule has 0 spiro atoms. The predicted molar refractivity (Wildman–Crippen MR) is 124 cm³/mol. The van der Waals surface area contributed by atoms with Crippen LogP contribution in [0.1, 0.15) is 59.7 Å². The molecule has 0 radical (unpaired) electrons. The van der Waals surface area contributed by atoms with Gasteiger partial charge in [-0.1, -0.05) is 57.2 Å². The van der Waals surface area contributed by atoms with E-state index in [1.54, 1.807) is 19.0 Å². The average molecular weight is 400 g/mol. The fraction of sp³-hybridized carbons (Fsp3) is 0.296. The molecule has 30 heavy (non-hydrogen) atoms. The Bertz CT molecular complexity index is 1220. The lowest BCUT2D eigenvalue weighted by Gasteiger charge is -2.15. The van der Waals surface area contributed by atoms with Gasteiger partial charge < -0.3 is 9.32 Å². The van der Waals surface area contributed by atoms with Crippen LogP contribution >= 0.6 is 0 Å². The number of hydrogen-bond donors (Lipinski definition) is 0. The van der Waals surface area contributed by atoms with Crippen molar-refractivity contribution < 1.29 is 9.21 Å². The van der Waals surface area contributed by atoms with Crippen molar-refractivity contribution in [3.63, 3.8) is 0 Å². The molecule has 0 saturated carbocycles. The molecule has 0 unspecified atom stereocenters. The minimum absolute atomic E-state index is 0.0357. The monoisotopic (exact) mass is 399 g/mol. The molecule has 0 N–H and O–H groups in total. The van der Waals surface area contributed by atoms with Crippen molar-refractivity contribution in [3.8, 4) is 0 Å². The number of carbonyl (C=O) groups excluding carboxylic acids is 1. The maximum absolute atomic E-state index is 12.3. The molecule has 0 saturated heterocycles. The van der Waals surface area contributed by atoms with Crippen LogP contribution in [-0.4, -0.2) is 24.9 Å². The summed E-state index contributed by atoms with van der Waals surface area (Å²) in [6.07, 6.45) is 0.893. The van der Waals surface area contributed by atoms with Crippen LogP contribution in [0.2, 0.25) is 0 Å². The summed E-state index contributed by atoms with van der Waals surface area (Å²) in [7, 11) is 3.57. The molecule has 1 amide bonds. The SMILES string of the molecule is CC(C)c1ccc2c(c1)oc1cc(C[C@H](C)c3cccc(C(=O)N(C)C)c3)ccc12. The van der Waals surface area contributed by atoms with Crippen molar-refractivity contribution >= 4 is 27.8 Å². The number of amides is 1. The highest BCUT2D eigenvalue weighted by Gasteiger charge is 2.14. The maximum Gasteiger partial charge on any atom is 0.253 e. The summed E-state index contributed by atoms with van der Waals surface area (Å²) >= 11 is 0. The second-order valence-electron chi connectivity index (χ2n) is 8.77. The van der Waals surface area contributed by atoms with E-state index in [1.165, 1.54) is 22.1 Å². The Morgan fingerprint density at radius 2 is 1.57 bits per heavy atom. The van der Waals surface area contributed by atoms with E-state index in [2.05, 4.69) is 63.2 Å². The van der Waals surface area contributed by atoms with Crippen molar-refractivity contribution in [2.24, 2.45) is 0 Å². The summed E-state index contributed by atoms with van der Waals surface area (Å²) in [5.74, 6) is 0.817. The first kappa shape index (κ1) is 20.2. The summed E-state index contributed by atoms with van der Waals surface area (Å²) in [5.41, 5.74) is 6.33. The van der Waals surface area contributed by atoms with Crippen LogP contribution in [0.5, 0.6) is 0 Å². The Labute approximate surface area is 178 Å². The largest absolute Gasteiger partial charge is 0.456 e. The summed E-state index contributed by atoms with van der Waals surface area (Å²) in [6.45, 7) is 6.60. The van der Waals surface area contributed by atoms with E-state index in [0.717, 1.165) is 28.5 Å². The molecular formula is C27H29NO2. The molecule has 0 bridgehead atoms. The Morgan fingerprint density at radius 3 is 2.27 bits per heavy atom. The van der Waals surface area contributed by atoms with Crippen molar-refractivity contribution in [3.05, 3.63) is 82.9 Å². The molecule has 3 nitrogen and oxygen atoms in total. The third kappa shape index (κ3) is 3.85. The van der Waals surface area contributed by atoms with Crippen LogP contribution in [0.25, 0.3) is 21.9 Å². The Hall–Kier alpha value is -3.07. The summed E-state index contributed by atoms with van der Waals surface area (Å²) < 4.78 is 6.20. The highest BCUT2D eigenvalue weighted by atomic mass is 16.3. The lowest BCUT2D eigenvalue weighted by Crippen LogP contribution is -2.21. The van der Waals surface area contributed by atoms with Crippen LogP contribution in [0.3, 0.4) is 0 Å². The summed E-state index contributed by atoms with van der Waals surface area (Å²) in [6, 6.07) is 21.0. The van der Waals surface area contributed by atoms with Crippen molar-refractivity contribution in [1.82, 2.24) is 4.90 Å². The minimum Gasteiger partial charge on any atom is -0.456 e. The molecule has 4 aromatic rings. The molecule has 0 fully saturated rings. The highest BCUT2D eigenvalue weighted by molar-refractivity contribution is 6.05. The lowest BCUT2D eigenvalue weighted by atomic mass is 9.92. The van der Waals surface area contributed by atoms with Gasteiger partial charge in [-0.05, 0) is 59.2 Å². The van der Waals surface area contributed by atoms with Gasteiger partial charge in [-0.25, -0.2) is 0 Å². The molecule has 4 rings (SSSR count). The van der Waals surface area contributed by atoms with E-state index >= 15 is 0 Å². The zero-order valence-electron chi connectivity index (χ0n) is 18.4. The third-order valence-corrected chi connectivity index (χ3v) is 5.88. The van der Waals surface area contributed by atoms with Crippen LogP contribution in [-0.2, 0) is 6.42 Å². The summed E-state index contributed by atoms with van der Waals surface area (Å²) in [4.78, 5) is 13.9. The van der Waals surface area contributed by atoms with Gasteiger partial charge in [0.2, 0.25) is 0 Å². The highest BCUT2D eigenvalue weighted by Crippen LogP contribution is 2.32. The first-order valence-electron chi connectivity index (χ1n) is 10.6. The fourth-order valence-corrected chi connectivity index (χ4v) is 4.03. The lowest BCUT2D eigenvalue weighted by molar-refractivity contribution is 0.0827. The molecule has 0 aliphatic carbocycles. The molecule has 0 aliphatic rings. The van der Waals surface area contributed by atoms with Crippen molar-refractivity contribution in [2.75, 3.05) is 14.1 Å². The topological polar surface area (TPSA) is 33.5 Å². The van der Waals surface area contributed by atoms with E-state index in [4.69, 9.17) is 4.42 Å². The van der Waals surface area contributed by atoms with Gasteiger partial charge in [0.25, 0.3) is 5.91 Å². The van der Waals surface area contributed by atoms with Crippen molar-refractivity contribution in [2.45, 2.75) is 39.0 Å². The number of fused-ring (bicyclic) bond motifs is 3. The van der Waals surface area contributed by atoms with Gasteiger partial charge in [-0.15, -0.1) is 0 Å². The van der Waals surface area contributed by atoms with Gasteiger partial charge in [0.15, 0.2) is 0 Å². The van der Waals surface area contributed by atoms with Crippen LogP contribution in [0, 0.1) is 0 Å². The Balaban J connectivity index is 1.61. The quantitative estimate of drug-likeness (QED) is 0.371. The molecule has 3 aromatic carbocycles. The van der Waals surface area contributed by atoms with E-state index in [0.29, 0.717) is 11.8 Å². The van der Waals surface area contributed by atoms with Gasteiger partial charge >= 0.3 is 0 Å². The third-order valence-electron chi connectivity index (χ3n) is 5.88. The van der Waals surface area contributed by atoms with Gasteiger partial charge in [-0.2, -0.15) is 0 Å². The second kappa shape index (κ2) is 7.98. The molecule has 1 atom stereocenters. The summed E-state index contributed by atoms with van der Waals surface area (Å²) in [5, 5.41) is 2.33. The molecule has 3 heteroatoms. The predicted octanol–water partition coefficient (Wildman–Crippen LogP) is 6.76. The minimum atomic E-state index is 0.0357. The molecule has 0 aliphatic heterocycles. The van der Waals surface area contributed by atoms with E-state index < -0.39 is 0 Å². The van der Waals surface area contributed by atoms with E-state index in [9.17, 15) is 4.79 Å². The average Bonchev–Trinajstić information content (AvgIpc) is 3.09. The van der Waals surface area contributed by atoms with Gasteiger partial charge in [0.1, 0.15) is 11.2 Å².